The van der Waals surface area contributed by atoms with E-state index in [-0.39, 0.29) is 24.9 Å². The second-order valence-electron chi connectivity index (χ2n) is 21.8. The SMILES string of the molecule is CCCCC/C=C\C/C=C\CCCCCCCCCC(=O)NC(COP(=O)([O-])OCC[N+](C)(C)C)C(/C=C/CCCCCCCCCCCCC)OC(=O)CCCCCCCCC/C=C\C/C=C\CCCCC. The van der Waals surface area contributed by atoms with Gasteiger partial charge in [-0.1, -0.05) is 230 Å². The van der Waals surface area contributed by atoms with Gasteiger partial charge in [-0.2, -0.15) is 0 Å². The lowest BCUT2D eigenvalue weighted by Crippen LogP contribution is -2.47. The summed E-state index contributed by atoms with van der Waals surface area (Å²) in [5.41, 5.74) is 0. The number of quaternary nitrogens is 1. The van der Waals surface area contributed by atoms with Crippen molar-refractivity contribution in [2.75, 3.05) is 40.9 Å². The van der Waals surface area contributed by atoms with E-state index in [0.717, 1.165) is 96.3 Å². The van der Waals surface area contributed by atoms with Crippen LogP contribution >= 0.6 is 7.82 Å². The number of unbranched alkanes of at least 4 members (excludes halogenated alkanes) is 31. The van der Waals surface area contributed by atoms with Crippen molar-refractivity contribution >= 4 is 19.7 Å². The van der Waals surface area contributed by atoms with Crippen molar-refractivity contribution in [2.24, 2.45) is 0 Å². The molecule has 0 aliphatic rings. The van der Waals surface area contributed by atoms with Gasteiger partial charge in [0.1, 0.15) is 19.3 Å². The van der Waals surface area contributed by atoms with Gasteiger partial charge in [-0.05, 0) is 96.0 Å². The first-order valence-corrected chi connectivity index (χ1v) is 32.1. The summed E-state index contributed by atoms with van der Waals surface area (Å²) < 4.78 is 30.3. The highest BCUT2D eigenvalue weighted by Gasteiger charge is 2.27. The van der Waals surface area contributed by atoms with Crippen LogP contribution in [0, 0.1) is 0 Å². The lowest BCUT2D eigenvalue weighted by atomic mass is 10.0. The second kappa shape index (κ2) is 53.1. The van der Waals surface area contributed by atoms with E-state index in [2.05, 4.69) is 74.7 Å². The number of likely N-dealkylation sites (N-methyl/N-ethyl adjacent to an activating group) is 1. The van der Waals surface area contributed by atoms with E-state index in [0.29, 0.717) is 17.4 Å². The first kappa shape index (κ1) is 70.7. The van der Waals surface area contributed by atoms with E-state index in [1.165, 1.54) is 148 Å². The maximum Gasteiger partial charge on any atom is 0.306 e. The van der Waals surface area contributed by atoms with Gasteiger partial charge < -0.3 is 28.5 Å². The number of esters is 1. The van der Waals surface area contributed by atoms with E-state index < -0.39 is 26.6 Å². The molecule has 0 saturated heterocycles. The molecule has 3 unspecified atom stereocenters. The molecule has 10 heteroatoms. The molecule has 0 bridgehead atoms. The maximum atomic E-state index is 13.5. The molecule has 0 aliphatic carbocycles. The van der Waals surface area contributed by atoms with Gasteiger partial charge in [-0.3, -0.25) is 14.2 Å². The number of phosphoric ester groups is 1. The minimum atomic E-state index is -4.70. The standard InChI is InChI=1S/C63H117N2O7P/c1-7-10-13-16-19-22-25-28-30-32-34-37-40-43-46-49-52-55-62(66)64-60(59-71-73(68,69)70-58-57-65(4,5)6)61(54-51-48-45-42-39-36-27-24-21-18-15-12-9-3)72-63(67)56-53-50-47-44-41-38-35-33-31-29-26-23-20-17-14-11-8-2/h19-20,22-23,28-31,51,54,60-61H,7-18,21,24-27,32-50,52-53,55-59H2,1-6H3,(H-,64,66,68,69)/b22-19-,23-20-,30-28-,31-29-,54-51+. The normalized spacial score (nSPS) is 14.1. The largest absolute Gasteiger partial charge is 0.756 e. The fourth-order valence-electron chi connectivity index (χ4n) is 8.64. The Morgan fingerprint density at radius 1 is 0.479 bits per heavy atom. The Morgan fingerprint density at radius 3 is 1.26 bits per heavy atom. The molecular formula is C63H117N2O7P. The van der Waals surface area contributed by atoms with Crippen molar-refractivity contribution in [3.63, 3.8) is 0 Å². The molecule has 0 saturated carbocycles. The zero-order valence-electron chi connectivity index (χ0n) is 48.6. The van der Waals surface area contributed by atoms with Crippen LogP contribution in [0.2, 0.25) is 0 Å². The van der Waals surface area contributed by atoms with Crippen molar-refractivity contribution in [1.29, 1.82) is 0 Å². The highest BCUT2D eigenvalue weighted by atomic mass is 31.2. The van der Waals surface area contributed by atoms with Crippen LogP contribution in [-0.2, 0) is 27.9 Å². The molecule has 9 nitrogen and oxygen atoms in total. The lowest BCUT2D eigenvalue weighted by molar-refractivity contribution is -0.870. The monoisotopic (exact) mass is 1040 g/mol. The number of amides is 1. The summed E-state index contributed by atoms with van der Waals surface area (Å²) >= 11 is 0. The van der Waals surface area contributed by atoms with Crippen molar-refractivity contribution in [1.82, 2.24) is 5.32 Å². The minimum absolute atomic E-state index is 0.0263. The zero-order chi connectivity index (χ0) is 53.6. The highest BCUT2D eigenvalue weighted by Crippen LogP contribution is 2.38. The zero-order valence-corrected chi connectivity index (χ0v) is 49.5. The Labute approximate surface area is 451 Å². The summed E-state index contributed by atoms with van der Waals surface area (Å²) in [7, 11) is 1.17. The number of phosphoric acid groups is 1. The van der Waals surface area contributed by atoms with Gasteiger partial charge >= 0.3 is 5.97 Å². The van der Waals surface area contributed by atoms with Crippen LogP contribution in [0.15, 0.2) is 60.8 Å². The number of rotatable bonds is 55. The third kappa shape index (κ3) is 54.3. The highest BCUT2D eigenvalue weighted by molar-refractivity contribution is 7.45. The predicted molar refractivity (Wildman–Crippen MR) is 312 cm³/mol. The topological polar surface area (TPSA) is 114 Å². The number of nitrogens with zero attached hydrogens (tertiary/aromatic N) is 1. The number of hydrogen-bond acceptors (Lipinski definition) is 7. The summed E-state index contributed by atoms with van der Waals surface area (Å²) in [6.07, 6.45) is 66.0. The number of hydrogen-bond donors (Lipinski definition) is 1. The van der Waals surface area contributed by atoms with Gasteiger partial charge in [-0.15, -0.1) is 0 Å². The fraction of sp³-hybridized carbons (Fsp3) is 0.810. The Bertz CT molecular complexity index is 1440. The Morgan fingerprint density at radius 2 is 0.836 bits per heavy atom. The molecule has 0 aromatic rings. The third-order valence-electron chi connectivity index (χ3n) is 13.4. The molecule has 0 radical (unpaired) electrons. The van der Waals surface area contributed by atoms with E-state index in [9.17, 15) is 19.0 Å². The van der Waals surface area contributed by atoms with Crippen molar-refractivity contribution in [3.05, 3.63) is 60.8 Å². The van der Waals surface area contributed by atoms with Crippen LogP contribution in [0.4, 0.5) is 0 Å². The number of allylic oxidation sites excluding steroid dienone is 9. The van der Waals surface area contributed by atoms with Crippen LogP contribution in [0.3, 0.4) is 0 Å². The number of carbonyl (C=O) groups is 2. The van der Waals surface area contributed by atoms with Crippen molar-refractivity contribution in [2.45, 2.75) is 290 Å². The molecule has 0 fully saturated rings. The van der Waals surface area contributed by atoms with E-state index in [1.807, 2.05) is 33.3 Å². The molecule has 73 heavy (non-hydrogen) atoms. The van der Waals surface area contributed by atoms with Gasteiger partial charge in [0, 0.05) is 12.8 Å². The first-order chi connectivity index (χ1) is 35.4. The maximum absolute atomic E-state index is 13.5. The lowest BCUT2D eigenvalue weighted by Gasteiger charge is -2.30. The minimum Gasteiger partial charge on any atom is -0.756 e. The van der Waals surface area contributed by atoms with Crippen molar-refractivity contribution in [3.8, 4) is 0 Å². The smallest absolute Gasteiger partial charge is 0.306 e. The molecule has 1 N–H and O–H groups in total. The van der Waals surface area contributed by atoms with E-state index in [1.54, 1.807) is 0 Å². The Balaban J connectivity index is 5.34. The summed E-state index contributed by atoms with van der Waals surface area (Å²) in [4.78, 5) is 40.0. The molecule has 0 heterocycles. The molecule has 0 aromatic carbocycles. The average molecular weight is 1050 g/mol. The number of nitrogens with one attached hydrogen (secondary N) is 1. The summed E-state index contributed by atoms with van der Waals surface area (Å²) in [5, 5.41) is 3.02. The van der Waals surface area contributed by atoms with Gasteiger partial charge in [0.15, 0.2) is 0 Å². The molecule has 3 atom stereocenters. The summed E-state index contributed by atoms with van der Waals surface area (Å²) in [5.74, 6) is -0.555. The van der Waals surface area contributed by atoms with Gasteiger partial charge in [0.05, 0.1) is 33.8 Å². The fourth-order valence-corrected chi connectivity index (χ4v) is 9.36. The summed E-state index contributed by atoms with van der Waals surface area (Å²) in [6.45, 7) is 6.79. The Kier molecular flexibility index (Phi) is 51.5. The average Bonchev–Trinajstić information content (AvgIpc) is 3.35. The van der Waals surface area contributed by atoms with E-state index >= 15 is 0 Å². The van der Waals surface area contributed by atoms with Gasteiger partial charge in [0.25, 0.3) is 7.82 Å². The molecule has 0 spiro atoms. The van der Waals surface area contributed by atoms with Crippen LogP contribution in [-0.4, -0.2) is 69.4 Å². The molecule has 0 aliphatic heterocycles. The van der Waals surface area contributed by atoms with Gasteiger partial charge in [-0.25, -0.2) is 0 Å². The predicted octanol–water partition coefficient (Wildman–Crippen LogP) is 18.0. The molecule has 1 amide bonds. The number of carbonyl (C=O) groups excluding carboxylic acids is 2. The molecule has 426 valence electrons. The van der Waals surface area contributed by atoms with Gasteiger partial charge in [0.2, 0.25) is 5.91 Å². The van der Waals surface area contributed by atoms with Crippen LogP contribution in [0.25, 0.3) is 0 Å². The quantitative estimate of drug-likeness (QED) is 0.0212. The van der Waals surface area contributed by atoms with Crippen LogP contribution in [0.5, 0.6) is 0 Å². The Hall–Kier alpha value is -2.29. The van der Waals surface area contributed by atoms with Crippen LogP contribution in [0.1, 0.15) is 278 Å². The van der Waals surface area contributed by atoms with Crippen molar-refractivity contribution < 1.29 is 37.3 Å². The third-order valence-corrected chi connectivity index (χ3v) is 14.4. The second-order valence-corrected chi connectivity index (χ2v) is 23.3. The molecule has 0 aromatic heterocycles. The van der Waals surface area contributed by atoms with Crippen LogP contribution < -0.4 is 10.2 Å². The number of ether oxygens (including phenoxy) is 1. The first-order valence-electron chi connectivity index (χ1n) is 30.6. The molecule has 0 rings (SSSR count). The molecular weight excluding hydrogens is 928 g/mol. The van der Waals surface area contributed by atoms with E-state index in [4.69, 9.17) is 13.8 Å². The summed E-state index contributed by atoms with van der Waals surface area (Å²) in [6, 6.07) is -0.896.